The van der Waals surface area contributed by atoms with Gasteiger partial charge in [0.1, 0.15) is 11.6 Å². The Morgan fingerprint density at radius 3 is 2.72 bits per heavy atom. The van der Waals surface area contributed by atoms with Crippen molar-refractivity contribution >= 4 is 33.3 Å². The standard InChI is InChI=1S/C12H13BrClN3O/c1-6(11-7(2)17-18-8(11)3)16-12-10(13)4-9(14)5-15-12/h4-6H,1-3H3,(H,15,16). The van der Waals surface area contributed by atoms with Gasteiger partial charge in [-0.2, -0.15) is 0 Å². The number of aromatic nitrogens is 2. The molecule has 0 radical (unpaired) electrons. The lowest BCUT2D eigenvalue weighted by atomic mass is 10.1. The second-order valence-corrected chi connectivity index (χ2v) is 5.38. The van der Waals surface area contributed by atoms with Crippen LogP contribution in [0.25, 0.3) is 0 Å². The van der Waals surface area contributed by atoms with Gasteiger partial charge in [-0.05, 0) is 42.8 Å². The van der Waals surface area contributed by atoms with Gasteiger partial charge in [-0.1, -0.05) is 16.8 Å². The summed E-state index contributed by atoms with van der Waals surface area (Å²) in [5, 5.41) is 7.85. The molecular formula is C12H13BrClN3O. The Kier molecular flexibility index (Phi) is 3.92. The van der Waals surface area contributed by atoms with Gasteiger partial charge in [0.15, 0.2) is 0 Å². The third-order valence-electron chi connectivity index (χ3n) is 2.68. The molecule has 1 N–H and O–H groups in total. The maximum Gasteiger partial charge on any atom is 0.140 e. The van der Waals surface area contributed by atoms with Crippen LogP contribution in [0.1, 0.15) is 30.0 Å². The zero-order valence-electron chi connectivity index (χ0n) is 10.3. The number of hydrogen-bond acceptors (Lipinski definition) is 4. The second-order valence-electron chi connectivity index (χ2n) is 4.09. The minimum atomic E-state index is 0.0567. The Labute approximate surface area is 119 Å². The minimum absolute atomic E-state index is 0.0567. The van der Waals surface area contributed by atoms with Crippen molar-refractivity contribution in [2.75, 3.05) is 5.32 Å². The topological polar surface area (TPSA) is 51.0 Å². The highest BCUT2D eigenvalue weighted by atomic mass is 79.9. The smallest absolute Gasteiger partial charge is 0.140 e. The maximum absolute atomic E-state index is 5.86. The van der Waals surface area contributed by atoms with Gasteiger partial charge in [0.05, 0.1) is 21.2 Å². The minimum Gasteiger partial charge on any atom is -0.362 e. The fourth-order valence-corrected chi connectivity index (χ4v) is 2.66. The average molecular weight is 331 g/mol. The van der Waals surface area contributed by atoms with Crippen LogP contribution >= 0.6 is 27.5 Å². The number of rotatable bonds is 3. The molecule has 0 aliphatic rings. The molecule has 96 valence electrons. The van der Waals surface area contributed by atoms with Gasteiger partial charge in [0.25, 0.3) is 0 Å². The number of nitrogens with zero attached hydrogens (tertiary/aromatic N) is 2. The first-order valence-electron chi connectivity index (χ1n) is 5.49. The van der Waals surface area contributed by atoms with Crippen molar-refractivity contribution < 1.29 is 4.52 Å². The van der Waals surface area contributed by atoms with Crippen molar-refractivity contribution in [3.63, 3.8) is 0 Å². The van der Waals surface area contributed by atoms with E-state index < -0.39 is 0 Å². The fraction of sp³-hybridized carbons (Fsp3) is 0.333. The van der Waals surface area contributed by atoms with Gasteiger partial charge < -0.3 is 9.84 Å². The molecule has 0 aromatic carbocycles. The monoisotopic (exact) mass is 329 g/mol. The zero-order valence-corrected chi connectivity index (χ0v) is 12.6. The summed E-state index contributed by atoms with van der Waals surface area (Å²) in [7, 11) is 0. The molecule has 0 saturated carbocycles. The summed E-state index contributed by atoms with van der Waals surface area (Å²) in [5.41, 5.74) is 1.94. The predicted molar refractivity (Wildman–Crippen MR) is 75.0 cm³/mol. The van der Waals surface area contributed by atoms with Crippen molar-refractivity contribution in [3.05, 3.63) is 38.8 Å². The van der Waals surface area contributed by atoms with Gasteiger partial charge in [-0.15, -0.1) is 0 Å². The van der Waals surface area contributed by atoms with E-state index >= 15 is 0 Å². The first-order chi connectivity index (χ1) is 8.49. The van der Waals surface area contributed by atoms with E-state index in [4.69, 9.17) is 16.1 Å². The van der Waals surface area contributed by atoms with Gasteiger partial charge >= 0.3 is 0 Å². The number of halogens is 2. The molecule has 0 aliphatic carbocycles. The van der Waals surface area contributed by atoms with Crippen molar-refractivity contribution in [1.29, 1.82) is 0 Å². The number of nitrogens with one attached hydrogen (secondary N) is 1. The molecule has 0 spiro atoms. The van der Waals surface area contributed by atoms with Crippen molar-refractivity contribution in [1.82, 2.24) is 10.1 Å². The highest BCUT2D eigenvalue weighted by Gasteiger charge is 2.17. The molecule has 0 amide bonds. The predicted octanol–water partition coefficient (Wildman–Crippen LogP) is 4.28. The summed E-state index contributed by atoms with van der Waals surface area (Å²) in [6, 6.07) is 1.86. The van der Waals surface area contributed by atoms with Gasteiger partial charge in [0, 0.05) is 11.8 Å². The Morgan fingerprint density at radius 1 is 1.44 bits per heavy atom. The molecule has 0 bridgehead atoms. The maximum atomic E-state index is 5.86. The first kappa shape index (κ1) is 13.4. The van der Waals surface area contributed by atoms with Crippen LogP contribution in [0, 0.1) is 13.8 Å². The summed E-state index contributed by atoms with van der Waals surface area (Å²) >= 11 is 9.29. The Morgan fingerprint density at radius 2 is 2.17 bits per heavy atom. The van der Waals surface area contributed by atoms with Crippen molar-refractivity contribution in [2.24, 2.45) is 0 Å². The van der Waals surface area contributed by atoms with E-state index in [1.54, 1.807) is 12.3 Å². The fourth-order valence-electron chi connectivity index (χ4n) is 1.91. The number of anilines is 1. The summed E-state index contributed by atoms with van der Waals surface area (Å²) in [5.74, 6) is 1.56. The molecule has 2 heterocycles. The molecule has 1 atom stereocenters. The zero-order chi connectivity index (χ0) is 13.3. The van der Waals surface area contributed by atoms with E-state index in [0.717, 1.165) is 27.3 Å². The lowest BCUT2D eigenvalue weighted by molar-refractivity contribution is 0.392. The normalized spacial score (nSPS) is 12.5. The molecule has 0 fully saturated rings. The molecule has 2 aromatic rings. The van der Waals surface area contributed by atoms with E-state index in [-0.39, 0.29) is 6.04 Å². The highest BCUT2D eigenvalue weighted by molar-refractivity contribution is 9.10. The van der Waals surface area contributed by atoms with Gasteiger partial charge in [0.2, 0.25) is 0 Å². The summed E-state index contributed by atoms with van der Waals surface area (Å²) < 4.78 is 5.99. The van der Waals surface area contributed by atoms with Crippen LogP contribution in [0.4, 0.5) is 5.82 Å². The third-order valence-corrected chi connectivity index (χ3v) is 3.49. The molecule has 2 aromatic heterocycles. The summed E-state index contributed by atoms with van der Waals surface area (Å²) in [6.45, 7) is 5.86. The molecule has 18 heavy (non-hydrogen) atoms. The van der Waals surface area contributed by atoms with E-state index in [1.165, 1.54) is 0 Å². The second kappa shape index (κ2) is 5.28. The van der Waals surface area contributed by atoms with Gasteiger partial charge in [-0.3, -0.25) is 0 Å². The van der Waals surface area contributed by atoms with Crippen LogP contribution in [0.5, 0.6) is 0 Å². The van der Waals surface area contributed by atoms with Crippen LogP contribution < -0.4 is 5.32 Å². The highest BCUT2D eigenvalue weighted by Crippen LogP contribution is 2.29. The molecule has 6 heteroatoms. The lowest BCUT2D eigenvalue weighted by Gasteiger charge is -2.15. The number of hydrogen-bond donors (Lipinski definition) is 1. The molecule has 2 rings (SSSR count). The molecule has 4 nitrogen and oxygen atoms in total. The number of pyridine rings is 1. The van der Waals surface area contributed by atoms with E-state index in [1.807, 2.05) is 20.8 Å². The molecule has 0 saturated heterocycles. The van der Waals surface area contributed by atoms with Crippen LogP contribution in [-0.2, 0) is 0 Å². The molecule has 0 aliphatic heterocycles. The SMILES string of the molecule is Cc1noc(C)c1C(C)Nc1ncc(Cl)cc1Br. The average Bonchev–Trinajstić information content (AvgIpc) is 2.62. The van der Waals surface area contributed by atoms with Crippen molar-refractivity contribution in [3.8, 4) is 0 Å². The molecule has 1 unspecified atom stereocenters. The Bertz CT molecular complexity index is 551. The summed E-state index contributed by atoms with van der Waals surface area (Å²) in [4.78, 5) is 4.25. The van der Waals surface area contributed by atoms with E-state index in [0.29, 0.717) is 5.02 Å². The van der Waals surface area contributed by atoms with Crippen LogP contribution in [0.2, 0.25) is 5.02 Å². The Hall–Kier alpha value is -1.07. The van der Waals surface area contributed by atoms with Gasteiger partial charge in [-0.25, -0.2) is 4.98 Å². The lowest BCUT2D eigenvalue weighted by Crippen LogP contribution is -2.10. The third kappa shape index (κ3) is 2.67. The largest absolute Gasteiger partial charge is 0.362 e. The van der Waals surface area contributed by atoms with Crippen LogP contribution in [-0.4, -0.2) is 10.1 Å². The van der Waals surface area contributed by atoms with Crippen molar-refractivity contribution in [2.45, 2.75) is 26.8 Å². The van der Waals surface area contributed by atoms with E-state index in [9.17, 15) is 0 Å². The quantitative estimate of drug-likeness (QED) is 0.913. The van der Waals surface area contributed by atoms with Crippen LogP contribution in [0.3, 0.4) is 0 Å². The molecular weight excluding hydrogens is 318 g/mol. The number of aryl methyl sites for hydroxylation is 2. The van der Waals surface area contributed by atoms with Crippen LogP contribution in [0.15, 0.2) is 21.3 Å². The Balaban J connectivity index is 2.24. The summed E-state index contributed by atoms with van der Waals surface area (Å²) in [6.07, 6.45) is 1.61. The van der Waals surface area contributed by atoms with E-state index in [2.05, 4.69) is 31.4 Å². The first-order valence-corrected chi connectivity index (χ1v) is 6.66.